The van der Waals surface area contributed by atoms with Crippen LogP contribution in [0.1, 0.15) is 25.7 Å². The van der Waals surface area contributed by atoms with Gasteiger partial charge in [0.1, 0.15) is 10.6 Å². The van der Waals surface area contributed by atoms with Crippen molar-refractivity contribution in [1.82, 2.24) is 0 Å². The lowest BCUT2D eigenvalue weighted by atomic mass is 10.3. The summed E-state index contributed by atoms with van der Waals surface area (Å²) >= 11 is 0. The lowest BCUT2D eigenvalue weighted by molar-refractivity contribution is 0.402. The molecule has 94 valence electrons. The van der Waals surface area contributed by atoms with Crippen LogP contribution in [0.2, 0.25) is 0 Å². The second kappa shape index (κ2) is 4.56. The molecular weight excluding hydrogens is 238 g/mol. The van der Waals surface area contributed by atoms with Gasteiger partial charge in [-0.25, -0.2) is 8.42 Å². The monoisotopic (exact) mass is 255 g/mol. The molecule has 2 rings (SSSR count). The fourth-order valence-corrected chi connectivity index (χ4v) is 4.29. The summed E-state index contributed by atoms with van der Waals surface area (Å²) in [6, 6.07) is 4.70. The Hall–Kier alpha value is -1.23. The predicted molar refractivity (Wildman–Crippen MR) is 66.8 cm³/mol. The first-order valence-electron chi connectivity index (χ1n) is 5.73. The fourth-order valence-electron chi connectivity index (χ4n) is 2.30. The quantitative estimate of drug-likeness (QED) is 0.839. The third-order valence-electron chi connectivity index (χ3n) is 3.24. The van der Waals surface area contributed by atoms with Crippen LogP contribution in [0.15, 0.2) is 23.1 Å². The van der Waals surface area contributed by atoms with Gasteiger partial charge in [0.15, 0.2) is 9.84 Å². The number of ether oxygens (including phenoxy) is 1. The van der Waals surface area contributed by atoms with E-state index < -0.39 is 9.84 Å². The van der Waals surface area contributed by atoms with E-state index in [2.05, 4.69) is 0 Å². The van der Waals surface area contributed by atoms with Crippen LogP contribution in [0, 0.1) is 0 Å². The summed E-state index contributed by atoms with van der Waals surface area (Å²) in [6.07, 6.45) is 3.47. The second-order valence-electron chi connectivity index (χ2n) is 4.36. The van der Waals surface area contributed by atoms with Crippen molar-refractivity contribution in [3.8, 4) is 5.75 Å². The van der Waals surface area contributed by atoms with Gasteiger partial charge in [0.05, 0.1) is 12.4 Å². The molecule has 1 aliphatic carbocycles. The SMILES string of the molecule is COc1cc(N)ccc1S(=O)(=O)C1CCCC1. The highest BCUT2D eigenvalue weighted by molar-refractivity contribution is 7.92. The molecule has 0 aromatic heterocycles. The molecule has 0 atom stereocenters. The summed E-state index contributed by atoms with van der Waals surface area (Å²) in [5.41, 5.74) is 6.13. The fraction of sp³-hybridized carbons (Fsp3) is 0.500. The third kappa shape index (κ3) is 2.24. The molecule has 0 heterocycles. The van der Waals surface area contributed by atoms with Gasteiger partial charge in [-0.1, -0.05) is 12.8 Å². The van der Waals surface area contributed by atoms with E-state index in [0.29, 0.717) is 11.4 Å². The Bertz CT molecular complexity index is 504. The molecule has 0 radical (unpaired) electrons. The second-order valence-corrected chi connectivity index (χ2v) is 6.56. The summed E-state index contributed by atoms with van der Waals surface area (Å²) in [5, 5.41) is -0.264. The molecule has 1 fully saturated rings. The van der Waals surface area contributed by atoms with Gasteiger partial charge in [0.25, 0.3) is 0 Å². The minimum Gasteiger partial charge on any atom is -0.495 e. The first-order chi connectivity index (χ1) is 8.05. The maximum absolute atomic E-state index is 12.4. The number of nitrogen functional groups attached to an aromatic ring is 1. The number of anilines is 1. The highest BCUT2D eigenvalue weighted by atomic mass is 32.2. The van der Waals surface area contributed by atoms with E-state index in [-0.39, 0.29) is 10.1 Å². The Kier molecular flexibility index (Phi) is 3.28. The molecule has 0 spiro atoms. The molecule has 1 saturated carbocycles. The van der Waals surface area contributed by atoms with E-state index in [9.17, 15) is 8.42 Å². The van der Waals surface area contributed by atoms with Crippen molar-refractivity contribution >= 4 is 15.5 Å². The Morgan fingerprint density at radius 1 is 1.29 bits per heavy atom. The number of hydrogen-bond acceptors (Lipinski definition) is 4. The van der Waals surface area contributed by atoms with Crippen molar-refractivity contribution in [3.05, 3.63) is 18.2 Å². The Morgan fingerprint density at radius 2 is 1.94 bits per heavy atom. The van der Waals surface area contributed by atoms with Crippen LogP contribution in [0.25, 0.3) is 0 Å². The molecule has 1 aliphatic rings. The molecule has 5 heteroatoms. The number of sulfone groups is 1. The number of rotatable bonds is 3. The summed E-state index contributed by atoms with van der Waals surface area (Å²) in [4.78, 5) is 0.265. The van der Waals surface area contributed by atoms with Gasteiger partial charge in [-0.3, -0.25) is 0 Å². The zero-order valence-electron chi connectivity index (χ0n) is 9.85. The number of nitrogens with two attached hydrogens (primary N) is 1. The first kappa shape index (κ1) is 12.2. The number of hydrogen-bond donors (Lipinski definition) is 1. The maximum Gasteiger partial charge on any atom is 0.184 e. The summed E-state index contributed by atoms with van der Waals surface area (Å²) < 4.78 is 29.9. The zero-order chi connectivity index (χ0) is 12.5. The molecule has 0 amide bonds. The van der Waals surface area contributed by atoms with Crippen LogP contribution >= 0.6 is 0 Å². The standard InChI is InChI=1S/C12H17NO3S/c1-16-11-8-9(13)6-7-12(11)17(14,15)10-4-2-3-5-10/h6-8,10H,2-5,13H2,1H3. The first-order valence-corrected chi connectivity index (χ1v) is 7.28. The lowest BCUT2D eigenvalue weighted by Crippen LogP contribution is -2.18. The molecule has 1 aromatic carbocycles. The van der Waals surface area contributed by atoms with Crippen LogP contribution in [0.4, 0.5) is 5.69 Å². The normalized spacial score (nSPS) is 17.2. The third-order valence-corrected chi connectivity index (χ3v) is 5.53. The van der Waals surface area contributed by atoms with Gasteiger partial charge in [-0.15, -0.1) is 0 Å². The van der Waals surface area contributed by atoms with Crippen LogP contribution in [0.5, 0.6) is 5.75 Å². The smallest absolute Gasteiger partial charge is 0.184 e. The average molecular weight is 255 g/mol. The average Bonchev–Trinajstić information content (AvgIpc) is 2.82. The van der Waals surface area contributed by atoms with Gasteiger partial charge in [0.2, 0.25) is 0 Å². The highest BCUT2D eigenvalue weighted by Crippen LogP contribution is 2.34. The van der Waals surface area contributed by atoms with Crippen molar-refractivity contribution in [3.63, 3.8) is 0 Å². The van der Waals surface area contributed by atoms with E-state index in [4.69, 9.17) is 10.5 Å². The minimum atomic E-state index is -3.28. The Labute approximate surface area is 102 Å². The van der Waals surface area contributed by atoms with Crippen LogP contribution in [0.3, 0.4) is 0 Å². The van der Waals surface area contributed by atoms with Gasteiger partial charge < -0.3 is 10.5 Å². The maximum atomic E-state index is 12.4. The predicted octanol–water partition coefficient (Wildman–Crippen LogP) is 1.99. The van der Waals surface area contributed by atoms with Crippen molar-refractivity contribution in [2.75, 3.05) is 12.8 Å². The molecule has 1 aromatic rings. The van der Waals surface area contributed by atoms with Crippen LogP contribution in [-0.4, -0.2) is 20.8 Å². The largest absolute Gasteiger partial charge is 0.495 e. The van der Waals surface area contributed by atoms with Crippen LogP contribution in [-0.2, 0) is 9.84 Å². The Balaban J connectivity index is 2.45. The van der Waals surface area contributed by atoms with Gasteiger partial charge in [-0.05, 0) is 25.0 Å². The summed E-state index contributed by atoms with van der Waals surface area (Å²) in [7, 11) is -1.82. The van der Waals surface area contributed by atoms with E-state index >= 15 is 0 Å². The summed E-state index contributed by atoms with van der Waals surface area (Å²) in [6.45, 7) is 0. The topological polar surface area (TPSA) is 69.4 Å². The minimum absolute atomic E-state index is 0.264. The van der Waals surface area contributed by atoms with Crippen molar-refractivity contribution in [2.45, 2.75) is 35.8 Å². The molecule has 0 saturated heterocycles. The van der Waals surface area contributed by atoms with Crippen molar-refractivity contribution in [2.24, 2.45) is 0 Å². The van der Waals surface area contributed by atoms with E-state index in [0.717, 1.165) is 25.7 Å². The molecule has 0 bridgehead atoms. The lowest BCUT2D eigenvalue weighted by Gasteiger charge is -2.14. The summed E-state index contributed by atoms with van der Waals surface area (Å²) in [5.74, 6) is 0.344. The van der Waals surface area contributed by atoms with Crippen molar-refractivity contribution < 1.29 is 13.2 Å². The zero-order valence-corrected chi connectivity index (χ0v) is 10.7. The van der Waals surface area contributed by atoms with Gasteiger partial charge >= 0.3 is 0 Å². The van der Waals surface area contributed by atoms with Gasteiger partial charge in [-0.2, -0.15) is 0 Å². The highest BCUT2D eigenvalue weighted by Gasteiger charge is 2.32. The molecule has 0 aliphatic heterocycles. The Morgan fingerprint density at radius 3 is 2.53 bits per heavy atom. The molecule has 0 unspecified atom stereocenters. The number of methoxy groups -OCH3 is 1. The molecule has 2 N–H and O–H groups in total. The van der Waals surface area contributed by atoms with E-state index in [1.165, 1.54) is 7.11 Å². The van der Waals surface area contributed by atoms with Crippen molar-refractivity contribution in [1.29, 1.82) is 0 Å². The van der Waals surface area contributed by atoms with E-state index in [1.54, 1.807) is 18.2 Å². The molecule has 17 heavy (non-hydrogen) atoms. The molecular formula is C12H17NO3S. The van der Waals surface area contributed by atoms with Crippen LogP contribution < -0.4 is 10.5 Å². The molecule has 4 nitrogen and oxygen atoms in total. The number of benzene rings is 1. The van der Waals surface area contributed by atoms with Gasteiger partial charge in [0, 0.05) is 11.8 Å². The van der Waals surface area contributed by atoms with E-state index in [1.807, 2.05) is 0 Å².